The second-order valence-electron chi connectivity index (χ2n) is 12.1. The van der Waals surface area contributed by atoms with Crippen molar-refractivity contribution in [3.8, 4) is 5.69 Å². The number of benzene rings is 1. The van der Waals surface area contributed by atoms with Crippen LogP contribution in [0.25, 0.3) is 11.8 Å². The van der Waals surface area contributed by atoms with Crippen molar-refractivity contribution in [2.24, 2.45) is 5.41 Å². The van der Waals surface area contributed by atoms with Gasteiger partial charge in [-0.25, -0.2) is 17.5 Å². The number of Topliss-reactive ketones (excluding diaryl/α,β-unsaturated/α-hetero) is 1. The van der Waals surface area contributed by atoms with Crippen LogP contribution in [0.5, 0.6) is 0 Å². The van der Waals surface area contributed by atoms with Crippen LogP contribution in [0.2, 0.25) is 0 Å². The first-order valence-corrected chi connectivity index (χ1v) is 16.5. The number of aromatic nitrogens is 5. The quantitative estimate of drug-likeness (QED) is 0.174. The molecule has 4 aromatic rings. The SMILES string of the molecule is CCn1cc(S(=O)(=O)N(C2CC2)[C@H]2CCC3=Cc4c(cnn4-c4ccc(F)cc4)C[C@]3(C(=O)c3cc(C(F)(F)F)ccn3)C2)cn1. The molecule has 3 heterocycles. The Morgan fingerprint density at radius 3 is 2.50 bits per heavy atom. The number of alkyl halides is 3. The Morgan fingerprint density at radius 1 is 1.07 bits per heavy atom. The minimum Gasteiger partial charge on any atom is -0.291 e. The van der Waals surface area contributed by atoms with E-state index >= 15 is 0 Å². The highest BCUT2D eigenvalue weighted by atomic mass is 32.2. The summed E-state index contributed by atoms with van der Waals surface area (Å²) < 4.78 is 87.6. The maximum absolute atomic E-state index is 14.6. The third-order valence-corrected chi connectivity index (χ3v) is 11.2. The van der Waals surface area contributed by atoms with Crippen LogP contribution in [-0.2, 0) is 29.2 Å². The molecule has 3 aromatic heterocycles. The topological polar surface area (TPSA) is 103 Å². The Labute approximate surface area is 262 Å². The number of pyridine rings is 1. The number of carbonyl (C=O) groups excluding carboxylic acids is 1. The minimum absolute atomic E-state index is 0.0639. The highest BCUT2D eigenvalue weighted by molar-refractivity contribution is 7.89. The lowest BCUT2D eigenvalue weighted by atomic mass is 9.60. The number of hydrogen-bond donors (Lipinski definition) is 0. The average Bonchev–Trinajstić information content (AvgIpc) is 3.57. The molecule has 0 aliphatic heterocycles. The lowest BCUT2D eigenvalue weighted by Crippen LogP contribution is -2.51. The highest BCUT2D eigenvalue weighted by Gasteiger charge is 2.54. The van der Waals surface area contributed by atoms with E-state index < -0.39 is 44.8 Å². The summed E-state index contributed by atoms with van der Waals surface area (Å²) in [5, 5.41) is 8.66. The zero-order chi connectivity index (χ0) is 32.4. The van der Waals surface area contributed by atoms with Crippen molar-refractivity contribution >= 4 is 21.9 Å². The predicted octanol–water partition coefficient (Wildman–Crippen LogP) is 5.86. The molecule has 2 atom stereocenters. The van der Waals surface area contributed by atoms with Crippen molar-refractivity contribution in [1.82, 2.24) is 28.9 Å². The molecule has 7 rings (SSSR count). The third kappa shape index (κ3) is 5.16. The maximum atomic E-state index is 14.6. The van der Waals surface area contributed by atoms with Gasteiger partial charge in [0.1, 0.15) is 16.4 Å². The Bertz CT molecular complexity index is 1960. The van der Waals surface area contributed by atoms with E-state index in [0.29, 0.717) is 54.7 Å². The van der Waals surface area contributed by atoms with E-state index in [-0.39, 0.29) is 29.5 Å². The summed E-state index contributed by atoms with van der Waals surface area (Å²) in [6.45, 7) is 2.34. The summed E-state index contributed by atoms with van der Waals surface area (Å²) in [7, 11) is -4.00. The van der Waals surface area contributed by atoms with E-state index in [1.54, 1.807) is 23.0 Å². The lowest BCUT2D eigenvalue weighted by Gasteiger charge is -2.46. The molecule has 1 aromatic carbocycles. The summed E-state index contributed by atoms with van der Waals surface area (Å²) in [5.41, 5.74) is -0.0588. The van der Waals surface area contributed by atoms with E-state index in [4.69, 9.17) is 0 Å². The molecule has 2 fully saturated rings. The van der Waals surface area contributed by atoms with E-state index in [1.807, 2.05) is 13.0 Å². The molecule has 3 aliphatic carbocycles. The number of sulfonamides is 1. The maximum Gasteiger partial charge on any atom is 0.416 e. The van der Waals surface area contributed by atoms with Gasteiger partial charge in [0, 0.05) is 31.0 Å². The van der Waals surface area contributed by atoms with E-state index in [1.165, 1.54) is 33.5 Å². The van der Waals surface area contributed by atoms with E-state index in [2.05, 4.69) is 15.2 Å². The molecular weight excluding hydrogens is 624 g/mol. The number of hydrogen-bond acceptors (Lipinski definition) is 6. The van der Waals surface area contributed by atoms with Gasteiger partial charge < -0.3 is 0 Å². The molecule has 240 valence electrons. The second-order valence-corrected chi connectivity index (χ2v) is 14.0. The molecule has 0 N–H and O–H groups in total. The number of rotatable bonds is 8. The molecule has 0 spiro atoms. The molecule has 0 bridgehead atoms. The lowest BCUT2D eigenvalue weighted by molar-refractivity contribution is -0.137. The number of aryl methyl sites for hydroxylation is 1. The fraction of sp³-hybridized carbons (Fsp3) is 0.375. The zero-order valence-corrected chi connectivity index (χ0v) is 25.6. The summed E-state index contributed by atoms with van der Waals surface area (Å²) in [5.74, 6) is -1.00. The van der Waals surface area contributed by atoms with Crippen molar-refractivity contribution in [1.29, 1.82) is 0 Å². The molecule has 2 saturated carbocycles. The first kappa shape index (κ1) is 30.5. The second kappa shape index (κ2) is 11.0. The summed E-state index contributed by atoms with van der Waals surface area (Å²) in [6, 6.07) is 6.53. The van der Waals surface area contributed by atoms with Crippen LogP contribution < -0.4 is 0 Å². The van der Waals surface area contributed by atoms with Gasteiger partial charge in [0.05, 0.1) is 34.8 Å². The van der Waals surface area contributed by atoms with Crippen LogP contribution >= 0.6 is 0 Å². The number of fused-ring (bicyclic) bond motifs is 2. The Kier molecular flexibility index (Phi) is 7.27. The van der Waals surface area contributed by atoms with Crippen molar-refractivity contribution < 1.29 is 30.8 Å². The number of carbonyl (C=O) groups is 1. The number of halogens is 4. The normalized spacial score (nSPS) is 21.5. The molecular formula is C32H30F4N6O3S. The van der Waals surface area contributed by atoms with Crippen LogP contribution in [-0.4, -0.2) is 55.1 Å². The van der Waals surface area contributed by atoms with Gasteiger partial charge in [-0.05, 0) is 93.5 Å². The van der Waals surface area contributed by atoms with Gasteiger partial charge in [0.15, 0.2) is 5.78 Å². The van der Waals surface area contributed by atoms with Crippen molar-refractivity contribution in [3.05, 3.63) is 95.1 Å². The van der Waals surface area contributed by atoms with Crippen LogP contribution in [0, 0.1) is 11.2 Å². The average molecular weight is 655 g/mol. The number of nitrogens with zero attached hydrogens (tertiary/aromatic N) is 6. The smallest absolute Gasteiger partial charge is 0.291 e. The monoisotopic (exact) mass is 654 g/mol. The van der Waals surface area contributed by atoms with Gasteiger partial charge in [0.25, 0.3) is 0 Å². The van der Waals surface area contributed by atoms with E-state index in [0.717, 1.165) is 18.3 Å². The molecule has 9 nitrogen and oxygen atoms in total. The fourth-order valence-corrected chi connectivity index (χ4v) is 8.71. The summed E-state index contributed by atoms with van der Waals surface area (Å²) in [4.78, 5) is 18.7. The molecule has 46 heavy (non-hydrogen) atoms. The zero-order valence-electron chi connectivity index (χ0n) is 24.8. The molecule has 3 aliphatic rings. The number of ketones is 1. The first-order valence-electron chi connectivity index (χ1n) is 15.1. The van der Waals surface area contributed by atoms with Crippen molar-refractivity contribution in [2.45, 2.75) is 75.1 Å². The summed E-state index contributed by atoms with van der Waals surface area (Å²) in [6.07, 6.45) is 4.78. The first-order chi connectivity index (χ1) is 21.9. The van der Waals surface area contributed by atoms with Crippen molar-refractivity contribution in [3.63, 3.8) is 0 Å². The van der Waals surface area contributed by atoms with Crippen LogP contribution in [0.3, 0.4) is 0 Å². The molecule has 0 radical (unpaired) electrons. The van der Waals surface area contributed by atoms with Gasteiger partial charge in [-0.3, -0.25) is 14.5 Å². The van der Waals surface area contributed by atoms with Gasteiger partial charge in [-0.2, -0.15) is 27.7 Å². The highest BCUT2D eigenvalue weighted by Crippen LogP contribution is 2.53. The standard InChI is InChI=1S/C32H30F4N6O3S/c1-2-40-19-27(18-38-40)46(44,45)42(25-9-10-25)26-6-3-21-14-29-20(17-39-41(29)24-7-4-23(33)5-8-24)15-31(21,16-26)30(43)28-13-22(11-12-37-28)32(34,35)36/h4-5,7-8,11-14,17-19,25-26H,2-3,6,9-10,15-16H2,1H3/t26-,31-/m0/s1. The predicted molar refractivity (Wildman–Crippen MR) is 159 cm³/mol. The Hall–Kier alpha value is -4.17. The molecule has 0 unspecified atom stereocenters. The Balaban J connectivity index is 1.33. The minimum atomic E-state index is -4.68. The fourth-order valence-electron chi connectivity index (χ4n) is 6.86. The van der Waals surface area contributed by atoms with Gasteiger partial charge in [-0.1, -0.05) is 5.57 Å². The molecule has 0 saturated heterocycles. The summed E-state index contributed by atoms with van der Waals surface area (Å²) >= 11 is 0. The molecule has 0 amide bonds. The van der Waals surface area contributed by atoms with Crippen molar-refractivity contribution in [2.75, 3.05) is 0 Å². The van der Waals surface area contributed by atoms with E-state index in [9.17, 15) is 30.8 Å². The van der Waals surface area contributed by atoms with Crippen LogP contribution in [0.15, 0.2) is 71.7 Å². The molecule has 14 heteroatoms. The van der Waals surface area contributed by atoms with Gasteiger partial charge in [0.2, 0.25) is 10.0 Å². The van der Waals surface area contributed by atoms with Gasteiger partial charge >= 0.3 is 6.18 Å². The third-order valence-electron chi connectivity index (χ3n) is 9.24. The largest absolute Gasteiger partial charge is 0.416 e. The van der Waals surface area contributed by atoms with Gasteiger partial charge in [-0.15, -0.1) is 0 Å². The van der Waals surface area contributed by atoms with Crippen LogP contribution in [0.1, 0.15) is 66.3 Å². The Morgan fingerprint density at radius 2 is 1.83 bits per heavy atom. The number of allylic oxidation sites excluding steroid dienone is 1. The van der Waals surface area contributed by atoms with Crippen LogP contribution in [0.4, 0.5) is 17.6 Å².